The molecule has 1 aliphatic rings. The second kappa shape index (κ2) is 8.70. The maximum absolute atomic E-state index is 11.2. The van der Waals surface area contributed by atoms with Crippen molar-refractivity contribution in [2.45, 2.75) is 37.3 Å². The summed E-state index contributed by atoms with van der Waals surface area (Å²) in [5.74, 6) is -3.19. The molecule has 0 saturated carbocycles. The highest BCUT2D eigenvalue weighted by atomic mass is 16.9. The summed E-state index contributed by atoms with van der Waals surface area (Å²) in [6.07, 6.45) is -6.48. The summed E-state index contributed by atoms with van der Waals surface area (Å²) < 4.78 is 20.3. The third-order valence-electron chi connectivity index (χ3n) is 2.99. The van der Waals surface area contributed by atoms with Gasteiger partial charge in [0.1, 0.15) is 18.3 Å². The molecule has 0 aromatic rings. The van der Waals surface area contributed by atoms with E-state index >= 15 is 0 Å². The first-order valence-electron chi connectivity index (χ1n) is 6.82. The van der Waals surface area contributed by atoms with E-state index < -0.39 is 43.0 Å². The zero-order chi connectivity index (χ0) is 16.8. The van der Waals surface area contributed by atoms with Crippen molar-refractivity contribution >= 4 is 5.97 Å². The minimum atomic E-state index is -2.34. The van der Waals surface area contributed by atoms with E-state index in [0.29, 0.717) is 6.54 Å². The van der Waals surface area contributed by atoms with Crippen LogP contribution in [0, 0.1) is 0 Å². The van der Waals surface area contributed by atoms with Gasteiger partial charge in [-0.25, -0.2) is 0 Å². The molecule has 0 aromatic heterocycles. The van der Waals surface area contributed by atoms with Crippen molar-refractivity contribution in [2.75, 3.05) is 33.0 Å². The summed E-state index contributed by atoms with van der Waals surface area (Å²) in [6, 6.07) is 0. The van der Waals surface area contributed by atoms with E-state index in [1.807, 2.05) is 0 Å². The van der Waals surface area contributed by atoms with E-state index in [-0.39, 0.29) is 19.8 Å². The van der Waals surface area contributed by atoms with Crippen LogP contribution < -0.4 is 5.73 Å². The van der Waals surface area contributed by atoms with Gasteiger partial charge in [0.25, 0.3) is 0 Å². The topological polar surface area (TPSA) is 161 Å². The maximum Gasteiger partial charge on any atom is 0.360 e. The highest BCUT2D eigenvalue weighted by Gasteiger charge is 2.57. The van der Waals surface area contributed by atoms with Crippen LogP contribution in [0.2, 0.25) is 0 Å². The van der Waals surface area contributed by atoms with Crippen molar-refractivity contribution in [3.63, 3.8) is 0 Å². The monoisotopic (exact) mass is 325 g/mol. The van der Waals surface area contributed by atoms with Gasteiger partial charge < -0.3 is 45.1 Å². The first-order chi connectivity index (χ1) is 10.4. The lowest BCUT2D eigenvalue weighted by Gasteiger charge is -2.46. The average Bonchev–Trinajstić information content (AvgIpc) is 2.48. The largest absolute Gasteiger partial charge is 0.406 e. The normalized spacial score (nSPS) is 35.4. The molecule has 0 aromatic carbocycles. The van der Waals surface area contributed by atoms with Crippen LogP contribution >= 0.6 is 0 Å². The van der Waals surface area contributed by atoms with Gasteiger partial charge in [-0.05, 0) is 0 Å². The maximum atomic E-state index is 11.2. The van der Waals surface area contributed by atoms with Crippen molar-refractivity contribution in [2.24, 2.45) is 5.73 Å². The zero-order valence-electron chi connectivity index (χ0n) is 12.3. The third-order valence-corrected chi connectivity index (χ3v) is 2.99. The molecule has 0 spiro atoms. The first-order valence-corrected chi connectivity index (χ1v) is 6.82. The Labute approximate surface area is 127 Å². The van der Waals surface area contributed by atoms with Crippen LogP contribution in [0.25, 0.3) is 0 Å². The molecule has 1 fully saturated rings. The molecule has 0 radical (unpaired) electrons. The van der Waals surface area contributed by atoms with E-state index in [4.69, 9.17) is 29.8 Å². The van der Waals surface area contributed by atoms with Gasteiger partial charge in [0.15, 0.2) is 6.10 Å². The van der Waals surface area contributed by atoms with Crippen LogP contribution in [0.3, 0.4) is 0 Å². The Morgan fingerprint density at radius 2 is 1.91 bits per heavy atom. The van der Waals surface area contributed by atoms with Gasteiger partial charge >= 0.3 is 11.9 Å². The number of aliphatic hydroxyl groups is 4. The Morgan fingerprint density at radius 1 is 1.23 bits per heavy atom. The molecule has 22 heavy (non-hydrogen) atoms. The molecule has 6 N–H and O–H groups in total. The van der Waals surface area contributed by atoms with Gasteiger partial charge in [0, 0.05) is 13.5 Å². The molecule has 1 heterocycles. The molecule has 0 bridgehead atoms. The van der Waals surface area contributed by atoms with E-state index in [1.54, 1.807) is 0 Å². The van der Waals surface area contributed by atoms with Crippen LogP contribution in [0.1, 0.15) is 6.92 Å². The number of rotatable bonds is 8. The fourth-order valence-corrected chi connectivity index (χ4v) is 1.97. The Hall–Kier alpha value is -0.850. The predicted molar refractivity (Wildman–Crippen MR) is 70.3 cm³/mol. The van der Waals surface area contributed by atoms with Gasteiger partial charge in [0.05, 0.1) is 26.4 Å². The smallest absolute Gasteiger partial charge is 0.360 e. The van der Waals surface area contributed by atoms with Crippen LogP contribution in [0.5, 0.6) is 0 Å². The molecule has 0 amide bonds. The summed E-state index contributed by atoms with van der Waals surface area (Å²) in [5.41, 5.74) is 5.25. The summed E-state index contributed by atoms with van der Waals surface area (Å²) >= 11 is 0. The summed E-state index contributed by atoms with van der Waals surface area (Å²) in [4.78, 5) is 11.2. The number of carbonyl (C=O) groups is 1. The molecule has 0 unspecified atom stereocenters. The van der Waals surface area contributed by atoms with Crippen LogP contribution in [-0.4, -0.2) is 89.8 Å². The number of ether oxygens (including phenoxy) is 4. The second-order valence-corrected chi connectivity index (χ2v) is 4.71. The standard InChI is InChI=1S/C12H23NO9/c1-7(15)21-12(20-5-4-19-3-2-13)11(18)10(17)9(16)8(6-14)22-12/h8-11,14,16-18H,2-6,13H2,1H3/t8-,9+,10+,11-,12-/m1/s1. The van der Waals surface area contributed by atoms with Gasteiger partial charge in [-0.1, -0.05) is 0 Å². The van der Waals surface area contributed by atoms with Crippen molar-refractivity contribution in [3.8, 4) is 0 Å². The van der Waals surface area contributed by atoms with Gasteiger partial charge in [-0.3, -0.25) is 4.79 Å². The lowest BCUT2D eigenvalue weighted by molar-refractivity contribution is -0.447. The lowest BCUT2D eigenvalue weighted by Crippen LogP contribution is -2.67. The molecular formula is C12H23NO9. The Morgan fingerprint density at radius 3 is 2.45 bits per heavy atom. The minimum Gasteiger partial charge on any atom is -0.406 e. The molecule has 130 valence electrons. The summed E-state index contributed by atoms with van der Waals surface area (Å²) in [5, 5.41) is 38.7. The van der Waals surface area contributed by atoms with Gasteiger partial charge in [-0.15, -0.1) is 0 Å². The number of carbonyl (C=O) groups excluding carboxylic acids is 1. The number of aliphatic hydroxyl groups excluding tert-OH is 4. The third kappa shape index (κ3) is 4.57. The molecule has 10 nitrogen and oxygen atoms in total. The summed E-state index contributed by atoms with van der Waals surface area (Å²) in [7, 11) is 0. The van der Waals surface area contributed by atoms with Gasteiger partial charge in [0.2, 0.25) is 0 Å². The highest BCUT2D eigenvalue weighted by Crippen LogP contribution is 2.32. The number of esters is 1. The molecule has 1 saturated heterocycles. The first kappa shape index (κ1) is 19.2. The molecule has 1 aliphatic heterocycles. The quantitative estimate of drug-likeness (QED) is 0.173. The van der Waals surface area contributed by atoms with Crippen LogP contribution in [0.15, 0.2) is 0 Å². The van der Waals surface area contributed by atoms with Crippen LogP contribution in [0.4, 0.5) is 0 Å². The van der Waals surface area contributed by atoms with Crippen LogP contribution in [-0.2, 0) is 23.7 Å². The number of hydrogen-bond acceptors (Lipinski definition) is 10. The highest BCUT2D eigenvalue weighted by molar-refractivity contribution is 5.66. The molecular weight excluding hydrogens is 302 g/mol. The molecule has 0 aliphatic carbocycles. The number of hydrogen-bond donors (Lipinski definition) is 5. The molecule has 10 heteroatoms. The summed E-state index contributed by atoms with van der Waals surface area (Å²) in [6.45, 7) is 0.891. The SMILES string of the molecule is CC(=O)O[C@@]1(OCCOCCN)O[C@H](CO)[C@H](O)[C@H](O)[C@H]1O. The molecule has 5 atom stereocenters. The van der Waals surface area contributed by atoms with Gasteiger partial charge in [-0.2, -0.15) is 0 Å². The van der Waals surface area contributed by atoms with E-state index in [0.717, 1.165) is 6.92 Å². The second-order valence-electron chi connectivity index (χ2n) is 4.71. The average molecular weight is 325 g/mol. The molecule has 1 rings (SSSR count). The Balaban J connectivity index is 2.81. The Kier molecular flexibility index (Phi) is 7.59. The fraction of sp³-hybridized carbons (Fsp3) is 0.917. The van der Waals surface area contributed by atoms with Crippen molar-refractivity contribution in [1.29, 1.82) is 0 Å². The predicted octanol–water partition coefficient (Wildman–Crippen LogP) is -3.33. The number of nitrogens with two attached hydrogens (primary N) is 1. The van der Waals surface area contributed by atoms with E-state index in [1.165, 1.54) is 0 Å². The van der Waals surface area contributed by atoms with Crippen molar-refractivity contribution in [3.05, 3.63) is 0 Å². The van der Waals surface area contributed by atoms with E-state index in [2.05, 4.69) is 0 Å². The fourth-order valence-electron chi connectivity index (χ4n) is 1.97. The van der Waals surface area contributed by atoms with E-state index in [9.17, 15) is 20.1 Å². The zero-order valence-corrected chi connectivity index (χ0v) is 12.3. The van der Waals surface area contributed by atoms with Crippen molar-refractivity contribution < 1.29 is 44.2 Å². The van der Waals surface area contributed by atoms with Crippen molar-refractivity contribution in [1.82, 2.24) is 0 Å². The lowest BCUT2D eigenvalue weighted by atomic mass is 9.97. The Bertz CT molecular complexity index is 353. The minimum absolute atomic E-state index is 0.0682.